The van der Waals surface area contributed by atoms with E-state index in [1.165, 1.54) is 0 Å². The summed E-state index contributed by atoms with van der Waals surface area (Å²) in [5.41, 5.74) is 0. The highest BCUT2D eigenvalue weighted by molar-refractivity contribution is 6.30. The molecule has 1 aliphatic rings. The molecule has 1 unspecified atom stereocenters. The average Bonchev–Trinajstić information content (AvgIpc) is 2.75. The van der Waals surface area contributed by atoms with E-state index in [4.69, 9.17) is 21.1 Å². The highest BCUT2D eigenvalue weighted by atomic mass is 35.5. The molecule has 0 radical (unpaired) electrons. The Morgan fingerprint density at radius 3 is 2.38 bits per heavy atom. The first-order chi connectivity index (χ1) is 14.0. The van der Waals surface area contributed by atoms with Crippen LogP contribution in [0.15, 0.2) is 54.6 Å². The van der Waals surface area contributed by atoms with Crippen molar-refractivity contribution in [3.8, 4) is 11.5 Å². The third kappa shape index (κ3) is 6.39. The molecule has 29 heavy (non-hydrogen) atoms. The largest absolute Gasteiger partial charge is 0.484 e. The second kappa shape index (κ2) is 10.2. The van der Waals surface area contributed by atoms with Crippen LogP contribution in [0, 0.1) is 0 Å². The molecule has 1 saturated heterocycles. The topological polar surface area (TPSA) is 67.9 Å². The summed E-state index contributed by atoms with van der Waals surface area (Å²) in [7, 11) is 0. The normalized spacial score (nSPS) is 15.4. The molecule has 154 valence electrons. The molecule has 1 heterocycles. The van der Waals surface area contributed by atoms with E-state index >= 15 is 0 Å². The van der Waals surface area contributed by atoms with E-state index in [1.54, 1.807) is 36.1 Å². The second-order valence-electron chi connectivity index (χ2n) is 6.98. The second-order valence-corrected chi connectivity index (χ2v) is 7.42. The van der Waals surface area contributed by atoms with E-state index in [2.05, 4.69) is 5.32 Å². The monoisotopic (exact) mass is 416 g/mol. The first kappa shape index (κ1) is 21.0. The summed E-state index contributed by atoms with van der Waals surface area (Å²) in [6.45, 7) is 2.92. The fourth-order valence-corrected chi connectivity index (χ4v) is 3.24. The van der Waals surface area contributed by atoms with Crippen LogP contribution in [-0.4, -0.2) is 48.6 Å². The molecule has 6 nitrogen and oxygen atoms in total. The number of nitrogens with one attached hydrogen (secondary N) is 1. The Hall–Kier alpha value is -2.73. The smallest absolute Gasteiger partial charge is 0.260 e. The number of ether oxygens (including phenoxy) is 2. The van der Waals surface area contributed by atoms with Crippen LogP contribution in [0.4, 0.5) is 0 Å². The SMILES string of the molecule is CC(Oc1ccc(Cl)cc1)C(=O)NC1CCN(C(=O)COc2ccccc2)CC1. The summed E-state index contributed by atoms with van der Waals surface area (Å²) in [5, 5.41) is 3.62. The van der Waals surface area contributed by atoms with Crippen molar-refractivity contribution in [2.24, 2.45) is 0 Å². The van der Waals surface area contributed by atoms with Crippen molar-refractivity contribution in [3.63, 3.8) is 0 Å². The van der Waals surface area contributed by atoms with Crippen molar-refractivity contribution in [2.45, 2.75) is 31.9 Å². The number of nitrogens with zero attached hydrogens (tertiary/aromatic N) is 1. The van der Waals surface area contributed by atoms with E-state index in [0.29, 0.717) is 42.5 Å². The molecule has 3 rings (SSSR count). The van der Waals surface area contributed by atoms with E-state index in [-0.39, 0.29) is 24.5 Å². The molecule has 0 spiro atoms. The van der Waals surface area contributed by atoms with Gasteiger partial charge in [0.05, 0.1) is 0 Å². The Balaban J connectivity index is 1.39. The number of hydrogen-bond acceptors (Lipinski definition) is 4. The molecule has 2 aromatic rings. The lowest BCUT2D eigenvalue weighted by Crippen LogP contribution is -2.50. The van der Waals surface area contributed by atoms with Gasteiger partial charge in [-0.2, -0.15) is 0 Å². The zero-order valence-corrected chi connectivity index (χ0v) is 17.1. The minimum absolute atomic E-state index is 0.0208. The molecule has 1 N–H and O–H groups in total. The third-order valence-electron chi connectivity index (χ3n) is 4.80. The van der Waals surface area contributed by atoms with Gasteiger partial charge in [0, 0.05) is 24.2 Å². The van der Waals surface area contributed by atoms with Gasteiger partial charge < -0.3 is 19.7 Å². The first-order valence-electron chi connectivity index (χ1n) is 9.69. The number of hydrogen-bond donors (Lipinski definition) is 1. The van der Waals surface area contributed by atoms with Crippen LogP contribution in [0.25, 0.3) is 0 Å². The number of likely N-dealkylation sites (tertiary alicyclic amines) is 1. The maximum Gasteiger partial charge on any atom is 0.260 e. The Kier molecular flexibility index (Phi) is 7.36. The van der Waals surface area contributed by atoms with Crippen LogP contribution in [0.1, 0.15) is 19.8 Å². The minimum Gasteiger partial charge on any atom is -0.484 e. The van der Waals surface area contributed by atoms with Gasteiger partial charge in [-0.3, -0.25) is 9.59 Å². The number of benzene rings is 2. The number of carbonyl (C=O) groups excluding carboxylic acids is 2. The summed E-state index contributed by atoms with van der Waals surface area (Å²) >= 11 is 5.85. The van der Waals surface area contributed by atoms with Crippen LogP contribution >= 0.6 is 11.6 Å². The average molecular weight is 417 g/mol. The van der Waals surface area contributed by atoms with Crippen molar-refractivity contribution in [2.75, 3.05) is 19.7 Å². The Labute approximate surface area is 175 Å². The Morgan fingerprint density at radius 2 is 1.72 bits per heavy atom. The Bertz CT molecular complexity index is 805. The number of halogens is 1. The van der Waals surface area contributed by atoms with Gasteiger partial charge in [0.25, 0.3) is 11.8 Å². The molecule has 7 heteroatoms. The lowest BCUT2D eigenvalue weighted by atomic mass is 10.0. The predicted octanol–water partition coefficient (Wildman–Crippen LogP) is 3.29. The molecule has 0 aliphatic carbocycles. The highest BCUT2D eigenvalue weighted by Gasteiger charge is 2.26. The molecule has 1 atom stereocenters. The van der Waals surface area contributed by atoms with Crippen LogP contribution < -0.4 is 14.8 Å². The molecule has 2 amide bonds. The van der Waals surface area contributed by atoms with Gasteiger partial charge in [0.1, 0.15) is 11.5 Å². The van der Waals surface area contributed by atoms with Crippen molar-refractivity contribution in [1.29, 1.82) is 0 Å². The van der Waals surface area contributed by atoms with Gasteiger partial charge >= 0.3 is 0 Å². The van der Waals surface area contributed by atoms with Gasteiger partial charge in [-0.05, 0) is 56.2 Å². The summed E-state index contributed by atoms with van der Waals surface area (Å²) in [6.07, 6.45) is 0.794. The zero-order valence-electron chi connectivity index (χ0n) is 16.3. The molecule has 2 aromatic carbocycles. The van der Waals surface area contributed by atoms with Crippen molar-refractivity contribution in [3.05, 3.63) is 59.6 Å². The summed E-state index contributed by atoms with van der Waals surface area (Å²) in [5.74, 6) is 1.06. The van der Waals surface area contributed by atoms with Crippen LogP contribution in [0.3, 0.4) is 0 Å². The van der Waals surface area contributed by atoms with Crippen molar-refractivity contribution < 1.29 is 19.1 Å². The van der Waals surface area contributed by atoms with Crippen molar-refractivity contribution >= 4 is 23.4 Å². The zero-order chi connectivity index (χ0) is 20.6. The van der Waals surface area contributed by atoms with E-state index in [1.807, 2.05) is 30.3 Å². The molecular weight excluding hydrogens is 392 g/mol. The molecule has 0 bridgehead atoms. The Morgan fingerprint density at radius 1 is 1.07 bits per heavy atom. The molecule has 1 fully saturated rings. The van der Waals surface area contributed by atoms with Crippen LogP contribution in [-0.2, 0) is 9.59 Å². The molecule has 0 aromatic heterocycles. The van der Waals surface area contributed by atoms with E-state index < -0.39 is 6.10 Å². The lowest BCUT2D eigenvalue weighted by Gasteiger charge is -2.32. The quantitative estimate of drug-likeness (QED) is 0.752. The fourth-order valence-electron chi connectivity index (χ4n) is 3.12. The summed E-state index contributed by atoms with van der Waals surface area (Å²) in [4.78, 5) is 26.5. The minimum atomic E-state index is -0.616. The molecule has 0 saturated carbocycles. The third-order valence-corrected chi connectivity index (χ3v) is 5.05. The highest BCUT2D eigenvalue weighted by Crippen LogP contribution is 2.17. The van der Waals surface area contributed by atoms with Gasteiger partial charge in [0.15, 0.2) is 12.7 Å². The number of carbonyl (C=O) groups is 2. The van der Waals surface area contributed by atoms with E-state index in [9.17, 15) is 9.59 Å². The summed E-state index contributed by atoms with van der Waals surface area (Å²) in [6, 6.07) is 16.2. The maximum absolute atomic E-state index is 12.4. The predicted molar refractivity (Wildman–Crippen MR) is 111 cm³/mol. The number of rotatable bonds is 7. The maximum atomic E-state index is 12.4. The number of piperidine rings is 1. The molecule has 1 aliphatic heterocycles. The fraction of sp³-hybridized carbons (Fsp3) is 0.364. The van der Waals surface area contributed by atoms with Gasteiger partial charge in [-0.15, -0.1) is 0 Å². The van der Waals surface area contributed by atoms with Gasteiger partial charge in [-0.25, -0.2) is 0 Å². The van der Waals surface area contributed by atoms with Crippen LogP contribution in [0.2, 0.25) is 5.02 Å². The van der Waals surface area contributed by atoms with Crippen LogP contribution in [0.5, 0.6) is 11.5 Å². The standard InChI is InChI=1S/C22H25ClN2O4/c1-16(29-20-9-7-17(23)8-10-20)22(27)24-18-11-13-25(14-12-18)21(26)15-28-19-5-3-2-4-6-19/h2-10,16,18H,11-15H2,1H3,(H,24,27). The van der Waals surface area contributed by atoms with Gasteiger partial charge in [0.2, 0.25) is 0 Å². The lowest BCUT2D eigenvalue weighted by molar-refractivity contribution is -0.134. The number of para-hydroxylation sites is 1. The summed E-state index contributed by atoms with van der Waals surface area (Å²) < 4.78 is 11.2. The van der Waals surface area contributed by atoms with E-state index in [0.717, 1.165) is 0 Å². The first-order valence-corrected chi connectivity index (χ1v) is 10.1. The number of amides is 2. The van der Waals surface area contributed by atoms with Gasteiger partial charge in [-0.1, -0.05) is 29.8 Å². The molecular formula is C22H25ClN2O4. The van der Waals surface area contributed by atoms with Crippen molar-refractivity contribution in [1.82, 2.24) is 10.2 Å².